The first-order valence-corrected chi connectivity index (χ1v) is 7.03. The van der Waals surface area contributed by atoms with Gasteiger partial charge in [-0.15, -0.1) is 11.8 Å². The van der Waals surface area contributed by atoms with Gasteiger partial charge in [0.05, 0.1) is 19.2 Å². The number of thioether (sulfide) groups is 1. The molecule has 0 fully saturated rings. The van der Waals surface area contributed by atoms with Gasteiger partial charge in [0.1, 0.15) is 0 Å². The smallest absolute Gasteiger partial charge is 0.364 e. The van der Waals surface area contributed by atoms with Crippen molar-refractivity contribution >= 4 is 23.4 Å². The van der Waals surface area contributed by atoms with E-state index in [2.05, 4.69) is 25.9 Å². The molecule has 0 aromatic heterocycles. The maximum atomic E-state index is 11.8. The van der Waals surface area contributed by atoms with Crippen molar-refractivity contribution in [2.45, 2.75) is 45.0 Å². The van der Waals surface area contributed by atoms with E-state index in [4.69, 9.17) is 9.57 Å². The van der Waals surface area contributed by atoms with Crippen LogP contribution in [0.4, 0.5) is 0 Å². The fraction of sp³-hybridized carbons (Fsp3) is 0.833. The van der Waals surface area contributed by atoms with Gasteiger partial charge in [-0.05, 0) is 12.7 Å². The van der Waals surface area contributed by atoms with Crippen molar-refractivity contribution in [2.24, 2.45) is 10.6 Å². The first-order chi connectivity index (χ1) is 7.91. The monoisotopic (exact) mass is 259 g/mol. The van der Waals surface area contributed by atoms with Gasteiger partial charge >= 0.3 is 5.97 Å². The van der Waals surface area contributed by atoms with Crippen LogP contribution >= 0.6 is 11.8 Å². The minimum absolute atomic E-state index is 0.0275. The summed E-state index contributed by atoms with van der Waals surface area (Å²) in [5, 5.41) is 4.11. The topological polar surface area (TPSA) is 47.9 Å². The highest BCUT2D eigenvalue weighted by Crippen LogP contribution is 2.40. The number of esters is 1. The lowest BCUT2D eigenvalue weighted by atomic mass is 9.81. The van der Waals surface area contributed by atoms with Crippen molar-refractivity contribution in [1.29, 1.82) is 0 Å². The average molecular weight is 259 g/mol. The maximum absolute atomic E-state index is 11.8. The van der Waals surface area contributed by atoms with E-state index in [9.17, 15) is 4.79 Å². The number of nitrogens with zero attached hydrogens (tertiary/aromatic N) is 1. The Morgan fingerprint density at radius 2 is 2.29 bits per heavy atom. The quantitative estimate of drug-likeness (QED) is 0.712. The molecule has 1 aliphatic heterocycles. The van der Waals surface area contributed by atoms with E-state index in [0.29, 0.717) is 6.42 Å². The summed E-state index contributed by atoms with van der Waals surface area (Å²) in [6.07, 6.45) is 4.45. The molecule has 17 heavy (non-hydrogen) atoms. The number of ether oxygens (including phenoxy) is 1. The predicted molar refractivity (Wildman–Crippen MR) is 70.1 cm³/mol. The van der Waals surface area contributed by atoms with Crippen LogP contribution in [0, 0.1) is 5.41 Å². The van der Waals surface area contributed by atoms with Crippen LogP contribution in [-0.4, -0.2) is 30.0 Å². The third-order valence-corrected chi connectivity index (χ3v) is 4.23. The molecule has 0 amide bonds. The highest BCUT2D eigenvalue weighted by Gasteiger charge is 2.50. The molecule has 0 saturated heterocycles. The van der Waals surface area contributed by atoms with E-state index in [1.165, 1.54) is 18.9 Å². The van der Waals surface area contributed by atoms with Gasteiger partial charge in [0.15, 0.2) is 0 Å². The fourth-order valence-electron chi connectivity index (χ4n) is 2.00. The molecular formula is C12H21NO3S. The summed E-state index contributed by atoms with van der Waals surface area (Å²) in [6.45, 7) is 6.40. The fourth-order valence-corrected chi connectivity index (χ4v) is 2.65. The summed E-state index contributed by atoms with van der Waals surface area (Å²) in [6, 6.07) is 0. The van der Waals surface area contributed by atoms with Crippen molar-refractivity contribution in [2.75, 3.05) is 13.4 Å². The maximum Gasteiger partial charge on any atom is 0.364 e. The van der Waals surface area contributed by atoms with E-state index in [1.807, 2.05) is 6.26 Å². The number of oxime groups is 1. The first-order valence-electron chi connectivity index (χ1n) is 5.81. The number of carbonyl (C=O) groups excluding carboxylic acids is 1. The Morgan fingerprint density at radius 1 is 1.65 bits per heavy atom. The van der Waals surface area contributed by atoms with Gasteiger partial charge in [0, 0.05) is 5.41 Å². The summed E-state index contributed by atoms with van der Waals surface area (Å²) in [4.78, 5) is 16.1. The molecule has 0 saturated carbocycles. The lowest BCUT2D eigenvalue weighted by Crippen LogP contribution is -2.38. The van der Waals surface area contributed by atoms with Crippen molar-refractivity contribution in [3.8, 4) is 0 Å². The Bertz CT molecular complexity index is 328. The summed E-state index contributed by atoms with van der Waals surface area (Å²) in [5.74, 6) is -0.365. The minimum Gasteiger partial charge on any atom is -0.465 e. The zero-order chi connectivity index (χ0) is 13.1. The lowest BCUT2D eigenvalue weighted by molar-refractivity contribution is -0.155. The van der Waals surface area contributed by atoms with E-state index < -0.39 is 4.93 Å². The molecule has 0 aromatic carbocycles. The third-order valence-electron chi connectivity index (χ3n) is 3.19. The number of rotatable bonds is 5. The molecule has 98 valence electrons. The molecule has 1 rings (SSSR count). The molecule has 0 aromatic rings. The van der Waals surface area contributed by atoms with E-state index in [1.54, 1.807) is 0 Å². The Kier molecular flexibility index (Phi) is 4.47. The molecule has 1 aliphatic rings. The second kappa shape index (κ2) is 5.29. The number of methoxy groups -OCH3 is 1. The third kappa shape index (κ3) is 2.76. The van der Waals surface area contributed by atoms with E-state index in [0.717, 1.165) is 18.6 Å². The van der Waals surface area contributed by atoms with Crippen molar-refractivity contribution in [3.05, 3.63) is 0 Å². The van der Waals surface area contributed by atoms with E-state index in [-0.39, 0.29) is 11.4 Å². The normalized spacial score (nSPS) is 24.2. The second-order valence-corrected chi connectivity index (χ2v) is 5.96. The van der Waals surface area contributed by atoms with Crippen LogP contribution in [0.25, 0.3) is 0 Å². The van der Waals surface area contributed by atoms with Crippen molar-refractivity contribution < 1.29 is 14.4 Å². The lowest BCUT2D eigenvalue weighted by Gasteiger charge is -2.25. The average Bonchev–Trinajstić information content (AvgIpc) is 2.74. The molecule has 1 unspecified atom stereocenters. The Balaban J connectivity index is 2.82. The van der Waals surface area contributed by atoms with Crippen LogP contribution in [0.5, 0.6) is 0 Å². The summed E-state index contributed by atoms with van der Waals surface area (Å²) in [5.41, 5.74) is 0.916. The Hall–Kier alpha value is -0.710. The molecule has 0 bridgehead atoms. The standard InChI is InChI=1S/C12H21NO3S/c1-6-7-11(2,3)9-8-12(17-5,16-13-9)10(14)15-4/h6-8H2,1-5H3. The van der Waals surface area contributed by atoms with Crippen molar-refractivity contribution in [1.82, 2.24) is 0 Å². The molecule has 5 heteroatoms. The van der Waals surface area contributed by atoms with Crippen LogP contribution in [0.2, 0.25) is 0 Å². The molecule has 1 heterocycles. The van der Waals surface area contributed by atoms with Crippen LogP contribution in [0.15, 0.2) is 5.16 Å². The van der Waals surface area contributed by atoms with Gasteiger partial charge in [-0.1, -0.05) is 32.3 Å². The molecule has 1 atom stereocenters. The summed E-state index contributed by atoms with van der Waals surface area (Å²) in [7, 11) is 1.37. The minimum atomic E-state index is -0.977. The van der Waals surface area contributed by atoms with Gasteiger partial charge in [-0.3, -0.25) is 0 Å². The Labute approximate surface area is 107 Å². The zero-order valence-corrected chi connectivity index (χ0v) is 12.0. The highest BCUT2D eigenvalue weighted by molar-refractivity contribution is 8.00. The number of hydrogen-bond donors (Lipinski definition) is 0. The Morgan fingerprint density at radius 3 is 2.76 bits per heavy atom. The van der Waals surface area contributed by atoms with Gasteiger partial charge in [-0.2, -0.15) is 0 Å². The van der Waals surface area contributed by atoms with Crippen molar-refractivity contribution in [3.63, 3.8) is 0 Å². The second-order valence-electron chi connectivity index (χ2n) is 4.89. The van der Waals surface area contributed by atoms with Crippen LogP contribution in [0.1, 0.15) is 40.0 Å². The number of hydrogen-bond acceptors (Lipinski definition) is 5. The van der Waals surface area contributed by atoms with Gasteiger partial charge in [0.2, 0.25) is 0 Å². The molecular weight excluding hydrogens is 238 g/mol. The SMILES string of the molecule is CCCC(C)(C)C1=NOC(SC)(C(=O)OC)C1. The predicted octanol–water partition coefficient (Wildman–Crippen LogP) is 2.82. The first kappa shape index (κ1) is 14.4. The van der Waals surface area contributed by atoms with Gasteiger partial charge in [-0.25, -0.2) is 4.79 Å². The molecule has 0 spiro atoms. The zero-order valence-electron chi connectivity index (χ0n) is 11.2. The van der Waals surface area contributed by atoms with E-state index >= 15 is 0 Å². The molecule has 0 N–H and O–H groups in total. The number of carbonyl (C=O) groups is 1. The van der Waals surface area contributed by atoms with Crippen LogP contribution in [-0.2, 0) is 14.4 Å². The van der Waals surface area contributed by atoms with Gasteiger partial charge < -0.3 is 9.57 Å². The highest BCUT2D eigenvalue weighted by atomic mass is 32.2. The molecule has 4 nitrogen and oxygen atoms in total. The van der Waals surface area contributed by atoms with Crippen LogP contribution < -0.4 is 0 Å². The summed E-state index contributed by atoms with van der Waals surface area (Å²) < 4.78 is 4.79. The molecule has 0 aliphatic carbocycles. The summed E-state index contributed by atoms with van der Waals surface area (Å²) >= 11 is 1.34. The molecule has 0 radical (unpaired) electrons. The van der Waals surface area contributed by atoms with Crippen LogP contribution in [0.3, 0.4) is 0 Å². The largest absolute Gasteiger partial charge is 0.465 e. The van der Waals surface area contributed by atoms with Gasteiger partial charge in [0.25, 0.3) is 4.93 Å².